The number of hydrogen-bond donors (Lipinski definition) is 0. The van der Waals surface area contributed by atoms with Crippen molar-refractivity contribution >= 4 is 16.6 Å². The average Bonchev–Trinajstić information content (AvgIpc) is 2.58. The molecule has 0 aliphatic heterocycles. The summed E-state index contributed by atoms with van der Waals surface area (Å²) in [4.78, 5) is 10.5. The lowest BCUT2D eigenvalue weighted by Crippen LogP contribution is -2.02. The molecule has 5 heteroatoms. The van der Waals surface area contributed by atoms with Gasteiger partial charge in [-0.15, -0.1) is 0 Å². The fourth-order valence-corrected chi connectivity index (χ4v) is 1.80. The van der Waals surface area contributed by atoms with Gasteiger partial charge in [-0.05, 0) is 26.8 Å². The summed E-state index contributed by atoms with van der Waals surface area (Å²) < 4.78 is 1.79. The first-order valence-electron chi connectivity index (χ1n) is 5.13. The molecule has 0 saturated carbocycles. The van der Waals surface area contributed by atoms with Crippen molar-refractivity contribution in [1.82, 2.24) is 9.78 Å². The Morgan fingerprint density at radius 1 is 1.44 bits per heavy atom. The highest BCUT2D eigenvalue weighted by Crippen LogP contribution is 2.26. The minimum absolute atomic E-state index is 0.148. The van der Waals surface area contributed by atoms with E-state index in [1.54, 1.807) is 29.9 Å². The van der Waals surface area contributed by atoms with Crippen molar-refractivity contribution in [3.8, 4) is 0 Å². The number of hydrogen-bond acceptors (Lipinski definition) is 3. The highest BCUT2D eigenvalue weighted by molar-refractivity contribution is 5.82. The lowest BCUT2D eigenvalue weighted by Gasteiger charge is -2.07. The molecule has 0 aliphatic rings. The summed E-state index contributed by atoms with van der Waals surface area (Å²) in [5.74, 6) is 0. The van der Waals surface area contributed by atoms with E-state index >= 15 is 0 Å². The van der Waals surface area contributed by atoms with Gasteiger partial charge in [-0.25, -0.2) is 0 Å². The van der Waals surface area contributed by atoms with Crippen LogP contribution in [0.25, 0.3) is 10.9 Å². The third-order valence-electron chi connectivity index (χ3n) is 2.60. The van der Waals surface area contributed by atoms with Crippen LogP contribution in [-0.2, 0) is 0 Å². The maximum absolute atomic E-state index is 10.8. The molecule has 0 aliphatic carbocycles. The van der Waals surface area contributed by atoms with Crippen molar-refractivity contribution in [3.05, 3.63) is 34.0 Å². The van der Waals surface area contributed by atoms with Gasteiger partial charge in [-0.1, -0.05) is 0 Å². The van der Waals surface area contributed by atoms with Gasteiger partial charge in [-0.3, -0.25) is 14.8 Å². The monoisotopic (exact) mass is 219 g/mol. The predicted octanol–water partition coefficient (Wildman–Crippen LogP) is 2.83. The zero-order valence-electron chi connectivity index (χ0n) is 9.47. The maximum atomic E-state index is 10.8. The Balaban J connectivity index is 2.74. The summed E-state index contributed by atoms with van der Waals surface area (Å²) in [5, 5.41) is 16.0. The number of nitrogens with zero attached hydrogens (tertiary/aromatic N) is 3. The Morgan fingerprint density at radius 2 is 2.12 bits per heavy atom. The largest absolute Gasteiger partial charge is 0.274 e. The van der Waals surface area contributed by atoms with Gasteiger partial charge in [0, 0.05) is 23.1 Å². The van der Waals surface area contributed by atoms with Crippen molar-refractivity contribution in [2.75, 3.05) is 0 Å². The molecule has 16 heavy (non-hydrogen) atoms. The van der Waals surface area contributed by atoms with E-state index in [4.69, 9.17) is 0 Å². The lowest BCUT2D eigenvalue weighted by atomic mass is 10.1. The number of aryl methyl sites for hydroxylation is 1. The summed E-state index contributed by atoms with van der Waals surface area (Å²) in [7, 11) is 0. The van der Waals surface area contributed by atoms with Crippen LogP contribution in [0.3, 0.4) is 0 Å². The van der Waals surface area contributed by atoms with E-state index in [2.05, 4.69) is 5.10 Å². The third-order valence-corrected chi connectivity index (χ3v) is 2.60. The second kappa shape index (κ2) is 3.59. The molecule has 2 rings (SSSR count). The smallest absolute Gasteiger partial charge is 0.262 e. The molecule has 5 nitrogen and oxygen atoms in total. The Kier molecular flexibility index (Phi) is 2.38. The normalized spacial score (nSPS) is 11.2. The van der Waals surface area contributed by atoms with Gasteiger partial charge in [-0.2, -0.15) is 5.10 Å². The minimum Gasteiger partial charge on any atom is -0.262 e. The fourth-order valence-electron chi connectivity index (χ4n) is 1.80. The molecular formula is C11H13N3O2. The highest BCUT2D eigenvalue weighted by atomic mass is 16.6. The molecule has 84 valence electrons. The van der Waals surface area contributed by atoms with Crippen LogP contribution >= 0.6 is 0 Å². The number of nitro benzene ring substituents is 1. The Hall–Kier alpha value is -1.91. The maximum Gasteiger partial charge on any atom is 0.274 e. The average molecular weight is 219 g/mol. The molecule has 1 aromatic heterocycles. The standard InChI is InChI=1S/C11H13N3O2/c1-7(2)13-11-5-10(14(15)16)8(3)4-9(11)6-12-13/h4-7H,1-3H3. The van der Waals surface area contributed by atoms with Crippen LogP contribution in [0.15, 0.2) is 18.3 Å². The molecule has 0 radical (unpaired) electrons. The minimum atomic E-state index is -0.355. The lowest BCUT2D eigenvalue weighted by molar-refractivity contribution is -0.385. The number of aromatic nitrogens is 2. The number of nitro groups is 1. The molecule has 2 aromatic rings. The molecule has 0 spiro atoms. The van der Waals surface area contributed by atoms with Crippen LogP contribution in [0.5, 0.6) is 0 Å². The first-order valence-corrected chi connectivity index (χ1v) is 5.13. The molecule has 0 N–H and O–H groups in total. The summed E-state index contributed by atoms with van der Waals surface area (Å²) in [6.45, 7) is 5.74. The summed E-state index contributed by atoms with van der Waals surface area (Å²) in [6, 6.07) is 3.59. The first-order chi connectivity index (χ1) is 7.50. The topological polar surface area (TPSA) is 61.0 Å². The molecule has 0 fully saturated rings. The van der Waals surface area contributed by atoms with Crippen LogP contribution in [0.2, 0.25) is 0 Å². The molecule has 0 bridgehead atoms. The van der Waals surface area contributed by atoms with E-state index in [0.717, 1.165) is 10.9 Å². The highest BCUT2D eigenvalue weighted by Gasteiger charge is 2.15. The molecule has 0 atom stereocenters. The Bertz CT molecular complexity index is 558. The number of benzene rings is 1. The van der Waals surface area contributed by atoms with Crippen LogP contribution in [0.1, 0.15) is 25.5 Å². The van der Waals surface area contributed by atoms with Gasteiger partial charge in [0.15, 0.2) is 0 Å². The van der Waals surface area contributed by atoms with Gasteiger partial charge < -0.3 is 0 Å². The summed E-state index contributed by atoms with van der Waals surface area (Å²) in [5.41, 5.74) is 1.63. The van der Waals surface area contributed by atoms with Gasteiger partial charge in [0.1, 0.15) is 0 Å². The predicted molar refractivity (Wildman–Crippen MR) is 61.5 cm³/mol. The fraction of sp³-hybridized carbons (Fsp3) is 0.364. The third kappa shape index (κ3) is 1.54. The Labute approximate surface area is 92.8 Å². The van der Waals surface area contributed by atoms with Gasteiger partial charge in [0.05, 0.1) is 16.6 Å². The summed E-state index contributed by atoms with van der Waals surface area (Å²) >= 11 is 0. The second-order valence-corrected chi connectivity index (χ2v) is 4.14. The van der Waals surface area contributed by atoms with E-state index in [-0.39, 0.29) is 16.7 Å². The van der Waals surface area contributed by atoms with Crippen LogP contribution < -0.4 is 0 Å². The molecule has 1 heterocycles. The molecular weight excluding hydrogens is 206 g/mol. The van der Waals surface area contributed by atoms with E-state index in [0.29, 0.717) is 5.56 Å². The van der Waals surface area contributed by atoms with Crippen molar-refractivity contribution < 1.29 is 4.92 Å². The van der Waals surface area contributed by atoms with Crippen molar-refractivity contribution in [1.29, 1.82) is 0 Å². The van der Waals surface area contributed by atoms with Gasteiger partial charge in [0.2, 0.25) is 0 Å². The quantitative estimate of drug-likeness (QED) is 0.576. The molecule has 1 aromatic carbocycles. The Morgan fingerprint density at radius 3 is 2.69 bits per heavy atom. The van der Waals surface area contributed by atoms with Crippen molar-refractivity contribution in [2.45, 2.75) is 26.8 Å². The van der Waals surface area contributed by atoms with Crippen molar-refractivity contribution in [2.24, 2.45) is 0 Å². The zero-order valence-corrected chi connectivity index (χ0v) is 9.47. The van der Waals surface area contributed by atoms with Crippen LogP contribution in [0, 0.1) is 17.0 Å². The van der Waals surface area contributed by atoms with Crippen LogP contribution in [0.4, 0.5) is 5.69 Å². The number of rotatable bonds is 2. The first kappa shape index (κ1) is 10.6. The van der Waals surface area contributed by atoms with E-state index in [1.807, 2.05) is 13.8 Å². The SMILES string of the molecule is Cc1cc2cnn(C(C)C)c2cc1[N+](=O)[O-]. The molecule has 0 saturated heterocycles. The number of fused-ring (bicyclic) bond motifs is 1. The zero-order chi connectivity index (χ0) is 11.9. The van der Waals surface area contributed by atoms with E-state index in [9.17, 15) is 10.1 Å². The van der Waals surface area contributed by atoms with Gasteiger partial charge >= 0.3 is 0 Å². The molecule has 0 unspecified atom stereocenters. The van der Waals surface area contributed by atoms with Gasteiger partial charge in [0.25, 0.3) is 5.69 Å². The molecule has 0 amide bonds. The van der Waals surface area contributed by atoms with E-state index < -0.39 is 0 Å². The van der Waals surface area contributed by atoms with Crippen molar-refractivity contribution in [3.63, 3.8) is 0 Å². The van der Waals surface area contributed by atoms with E-state index in [1.165, 1.54) is 0 Å². The summed E-state index contributed by atoms with van der Waals surface area (Å²) in [6.07, 6.45) is 1.74. The second-order valence-electron chi connectivity index (χ2n) is 4.14. The van der Waals surface area contributed by atoms with Crippen LogP contribution in [-0.4, -0.2) is 14.7 Å².